The highest BCUT2D eigenvalue weighted by molar-refractivity contribution is 5.97. The number of aryl methyl sites for hydroxylation is 1. The first-order valence-electron chi connectivity index (χ1n) is 6.38. The van der Waals surface area contributed by atoms with E-state index in [0.717, 1.165) is 19.4 Å². The Morgan fingerprint density at radius 1 is 1.67 bits per heavy atom. The molecule has 1 fully saturated rings. The van der Waals surface area contributed by atoms with Gasteiger partial charge in [-0.05, 0) is 25.7 Å². The zero-order valence-electron chi connectivity index (χ0n) is 10.7. The molecule has 1 amide bonds. The van der Waals surface area contributed by atoms with Gasteiger partial charge in [-0.1, -0.05) is 0 Å². The number of amides is 1. The number of nitrogen functional groups attached to an aromatic ring is 1. The molecule has 1 aromatic heterocycles. The Morgan fingerprint density at radius 2 is 2.44 bits per heavy atom. The van der Waals surface area contributed by atoms with Crippen LogP contribution in [0.1, 0.15) is 30.3 Å². The van der Waals surface area contributed by atoms with E-state index < -0.39 is 0 Å². The lowest BCUT2D eigenvalue weighted by molar-refractivity contribution is 0.0610. The number of nitrogens with zero attached hydrogens (tertiary/aromatic N) is 3. The molecule has 1 aromatic rings. The second-order valence-corrected chi connectivity index (χ2v) is 4.71. The van der Waals surface area contributed by atoms with Gasteiger partial charge in [0.2, 0.25) is 0 Å². The predicted octanol–water partition coefficient (Wildman–Crippen LogP) is 0.330. The standard InChI is InChI=1S/C12H20N4O2/c1-2-16-11(10(13)6-14-16)12(18)15-5-3-4-9(7-15)8-17/h6,9,17H,2-5,7-8,13H2,1H3. The highest BCUT2D eigenvalue weighted by atomic mass is 16.3. The fourth-order valence-corrected chi connectivity index (χ4v) is 2.42. The molecule has 100 valence electrons. The molecule has 0 bridgehead atoms. The van der Waals surface area contributed by atoms with Crippen LogP contribution in [0.2, 0.25) is 0 Å². The van der Waals surface area contributed by atoms with Crippen LogP contribution in [-0.2, 0) is 6.54 Å². The minimum Gasteiger partial charge on any atom is -0.396 e. The Balaban J connectivity index is 2.17. The third kappa shape index (κ3) is 2.33. The highest BCUT2D eigenvalue weighted by Crippen LogP contribution is 2.20. The summed E-state index contributed by atoms with van der Waals surface area (Å²) in [5.41, 5.74) is 6.70. The van der Waals surface area contributed by atoms with Crippen LogP contribution in [0.25, 0.3) is 0 Å². The predicted molar refractivity (Wildman–Crippen MR) is 68.0 cm³/mol. The Hall–Kier alpha value is -1.56. The van der Waals surface area contributed by atoms with Crippen molar-refractivity contribution in [1.29, 1.82) is 0 Å². The first kappa shape index (κ1) is 12.9. The molecular formula is C12H20N4O2. The van der Waals surface area contributed by atoms with E-state index in [4.69, 9.17) is 5.73 Å². The summed E-state index contributed by atoms with van der Waals surface area (Å²) in [5, 5.41) is 13.3. The lowest BCUT2D eigenvalue weighted by atomic mass is 9.99. The summed E-state index contributed by atoms with van der Waals surface area (Å²) in [6.45, 7) is 4.01. The highest BCUT2D eigenvalue weighted by Gasteiger charge is 2.27. The van der Waals surface area contributed by atoms with E-state index in [1.54, 1.807) is 9.58 Å². The summed E-state index contributed by atoms with van der Waals surface area (Å²) in [6.07, 6.45) is 3.42. The first-order chi connectivity index (χ1) is 8.67. The van der Waals surface area contributed by atoms with Crippen molar-refractivity contribution in [2.75, 3.05) is 25.4 Å². The van der Waals surface area contributed by atoms with Gasteiger partial charge in [0.15, 0.2) is 0 Å². The summed E-state index contributed by atoms with van der Waals surface area (Å²) >= 11 is 0. The quantitative estimate of drug-likeness (QED) is 0.812. The Labute approximate surface area is 106 Å². The van der Waals surface area contributed by atoms with E-state index >= 15 is 0 Å². The van der Waals surface area contributed by atoms with E-state index in [1.807, 2.05) is 6.92 Å². The van der Waals surface area contributed by atoms with Gasteiger partial charge in [-0.15, -0.1) is 0 Å². The number of anilines is 1. The molecule has 3 N–H and O–H groups in total. The van der Waals surface area contributed by atoms with Gasteiger partial charge in [0.05, 0.1) is 11.9 Å². The number of aliphatic hydroxyl groups excluding tert-OH is 1. The average Bonchev–Trinajstić information content (AvgIpc) is 2.79. The molecule has 0 spiro atoms. The fraction of sp³-hybridized carbons (Fsp3) is 0.667. The molecule has 6 nitrogen and oxygen atoms in total. The fourth-order valence-electron chi connectivity index (χ4n) is 2.42. The Bertz CT molecular complexity index is 430. The lowest BCUT2D eigenvalue weighted by Crippen LogP contribution is -2.42. The van der Waals surface area contributed by atoms with Crippen molar-refractivity contribution in [3.8, 4) is 0 Å². The van der Waals surface area contributed by atoms with E-state index in [-0.39, 0.29) is 18.4 Å². The number of piperidine rings is 1. The van der Waals surface area contributed by atoms with Gasteiger partial charge < -0.3 is 15.7 Å². The van der Waals surface area contributed by atoms with E-state index in [0.29, 0.717) is 24.5 Å². The Kier molecular flexibility index (Phi) is 3.86. The molecule has 0 radical (unpaired) electrons. The molecule has 1 aliphatic rings. The van der Waals surface area contributed by atoms with Crippen LogP contribution in [0.4, 0.5) is 5.69 Å². The molecular weight excluding hydrogens is 232 g/mol. The summed E-state index contributed by atoms with van der Waals surface area (Å²) in [7, 11) is 0. The van der Waals surface area contributed by atoms with Crippen LogP contribution in [0.3, 0.4) is 0 Å². The molecule has 1 saturated heterocycles. The molecule has 1 atom stereocenters. The van der Waals surface area contributed by atoms with Gasteiger partial charge in [0, 0.05) is 26.2 Å². The van der Waals surface area contributed by atoms with Crippen LogP contribution >= 0.6 is 0 Å². The SMILES string of the molecule is CCn1ncc(N)c1C(=O)N1CCCC(CO)C1. The molecule has 0 aliphatic carbocycles. The number of aromatic nitrogens is 2. The number of aliphatic hydroxyl groups is 1. The van der Waals surface area contributed by atoms with Gasteiger partial charge in [-0.2, -0.15) is 5.10 Å². The topological polar surface area (TPSA) is 84.4 Å². The zero-order chi connectivity index (χ0) is 13.1. The number of rotatable bonds is 3. The number of carbonyl (C=O) groups is 1. The third-order valence-corrected chi connectivity index (χ3v) is 3.43. The maximum Gasteiger partial charge on any atom is 0.274 e. The van der Waals surface area contributed by atoms with Gasteiger partial charge in [0.25, 0.3) is 5.91 Å². The molecule has 18 heavy (non-hydrogen) atoms. The molecule has 1 aliphatic heterocycles. The molecule has 6 heteroatoms. The van der Waals surface area contributed by atoms with Gasteiger partial charge in [-0.25, -0.2) is 0 Å². The van der Waals surface area contributed by atoms with E-state index in [2.05, 4.69) is 5.10 Å². The molecule has 2 heterocycles. The largest absolute Gasteiger partial charge is 0.396 e. The van der Waals surface area contributed by atoms with Crippen molar-refractivity contribution in [2.24, 2.45) is 5.92 Å². The van der Waals surface area contributed by atoms with Crippen LogP contribution in [0.15, 0.2) is 6.20 Å². The number of hydrogen-bond acceptors (Lipinski definition) is 4. The number of carbonyl (C=O) groups excluding carboxylic acids is 1. The monoisotopic (exact) mass is 252 g/mol. The van der Waals surface area contributed by atoms with Crippen molar-refractivity contribution in [2.45, 2.75) is 26.3 Å². The number of likely N-dealkylation sites (tertiary alicyclic amines) is 1. The third-order valence-electron chi connectivity index (χ3n) is 3.43. The van der Waals surface area contributed by atoms with Crippen molar-refractivity contribution >= 4 is 11.6 Å². The average molecular weight is 252 g/mol. The van der Waals surface area contributed by atoms with Crippen LogP contribution in [-0.4, -0.2) is 45.4 Å². The van der Waals surface area contributed by atoms with E-state index in [9.17, 15) is 9.90 Å². The van der Waals surface area contributed by atoms with Crippen molar-refractivity contribution < 1.29 is 9.90 Å². The van der Waals surface area contributed by atoms with Crippen molar-refractivity contribution in [3.05, 3.63) is 11.9 Å². The number of hydrogen-bond donors (Lipinski definition) is 2. The summed E-state index contributed by atoms with van der Waals surface area (Å²) in [6, 6.07) is 0. The summed E-state index contributed by atoms with van der Waals surface area (Å²) in [4.78, 5) is 14.2. The normalized spacial score (nSPS) is 20.1. The Morgan fingerprint density at radius 3 is 3.11 bits per heavy atom. The van der Waals surface area contributed by atoms with Gasteiger partial charge in [0.1, 0.15) is 5.69 Å². The maximum atomic E-state index is 12.4. The van der Waals surface area contributed by atoms with Crippen molar-refractivity contribution in [3.63, 3.8) is 0 Å². The number of nitrogens with two attached hydrogens (primary N) is 1. The zero-order valence-corrected chi connectivity index (χ0v) is 10.7. The first-order valence-corrected chi connectivity index (χ1v) is 6.38. The van der Waals surface area contributed by atoms with Crippen LogP contribution in [0, 0.1) is 5.92 Å². The van der Waals surface area contributed by atoms with Gasteiger partial charge in [-0.3, -0.25) is 9.48 Å². The second kappa shape index (κ2) is 5.39. The van der Waals surface area contributed by atoms with Crippen molar-refractivity contribution in [1.82, 2.24) is 14.7 Å². The maximum absolute atomic E-state index is 12.4. The molecule has 0 saturated carbocycles. The van der Waals surface area contributed by atoms with Crippen LogP contribution < -0.4 is 5.73 Å². The lowest BCUT2D eigenvalue weighted by Gasteiger charge is -2.32. The second-order valence-electron chi connectivity index (χ2n) is 4.71. The van der Waals surface area contributed by atoms with Crippen LogP contribution in [0.5, 0.6) is 0 Å². The summed E-state index contributed by atoms with van der Waals surface area (Å²) in [5.74, 6) is 0.104. The molecule has 0 aromatic carbocycles. The molecule has 2 rings (SSSR count). The summed E-state index contributed by atoms with van der Waals surface area (Å²) < 4.78 is 1.63. The minimum absolute atomic E-state index is 0.0787. The van der Waals surface area contributed by atoms with Gasteiger partial charge >= 0.3 is 0 Å². The van der Waals surface area contributed by atoms with E-state index in [1.165, 1.54) is 6.20 Å². The molecule has 1 unspecified atom stereocenters. The minimum atomic E-state index is -0.0787. The smallest absolute Gasteiger partial charge is 0.274 e.